The van der Waals surface area contributed by atoms with Crippen LogP contribution in [0.2, 0.25) is 0 Å². The maximum atomic E-state index is 14.0. The topological polar surface area (TPSA) is 15.3 Å². The van der Waals surface area contributed by atoms with Gasteiger partial charge >= 0.3 is 0 Å². The van der Waals surface area contributed by atoms with Crippen molar-refractivity contribution < 1.29 is 4.39 Å². The lowest BCUT2D eigenvalue weighted by Gasteiger charge is -2.33. The van der Waals surface area contributed by atoms with Crippen LogP contribution in [0.15, 0.2) is 30.9 Å². The van der Waals surface area contributed by atoms with Crippen LogP contribution in [0.1, 0.15) is 17.2 Å². The van der Waals surface area contributed by atoms with Gasteiger partial charge in [0.05, 0.1) is 6.04 Å². The average molecular weight is 271 g/mol. The van der Waals surface area contributed by atoms with Gasteiger partial charge in [0, 0.05) is 31.7 Å². The van der Waals surface area contributed by atoms with Crippen molar-refractivity contribution in [1.82, 2.24) is 10.2 Å². The van der Waals surface area contributed by atoms with Gasteiger partial charge in [0.15, 0.2) is 0 Å². The van der Waals surface area contributed by atoms with E-state index < -0.39 is 0 Å². The van der Waals surface area contributed by atoms with E-state index in [1.165, 1.54) is 0 Å². The molecule has 1 heterocycles. The molecule has 2 nitrogen and oxygen atoms in total. The summed E-state index contributed by atoms with van der Waals surface area (Å²) in [6.45, 7) is 9.53. The van der Waals surface area contributed by atoms with Gasteiger partial charge in [-0.1, -0.05) is 18.2 Å². The molecule has 0 aromatic heterocycles. The van der Waals surface area contributed by atoms with Crippen LogP contribution >= 0.6 is 12.4 Å². The molecule has 0 saturated carbocycles. The van der Waals surface area contributed by atoms with Crippen LogP contribution < -0.4 is 5.32 Å². The van der Waals surface area contributed by atoms with Gasteiger partial charge in [-0.3, -0.25) is 4.90 Å². The molecule has 100 valence electrons. The second kappa shape index (κ2) is 6.88. The molecule has 4 heteroatoms. The molecule has 1 aliphatic heterocycles. The standard InChI is InChI=1S/C14H19FN2.ClH/c1-3-14(17-8-6-16-7-9-17)12-5-4-11(2)10-13(12)15;/h3-5,10,14,16H,1,6-9H2,2H3;1H/t14-;/m1./s1. The minimum Gasteiger partial charge on any atom is -0.314 e. The number of benzene rings is 1. The van der Waals surface area contributed by atoms with Crippen molar-refractivity contribution in [2.75, 3.05) is 26.2 Å². The smallest absolute Gasteiger partial charge is 0.128 e. The lowest BCUT2D eigenvalue weighted by Crippen LogP contribution is -2.44. The van der Waals surface area contributed by atoms with Crippen molar-refractivity contribution in [1.29, 1.82) is 0 Å². The Bertz CT molecular complexity index is 403. The zero-order valence-electron chi connectivity index (χ0n) is 10.7. The van der Waals surface area contributed by atoms with Crippen LogP contribution in [0.3, 0.4) is 0 Å². The Balaban J connectivity index is 0.00000162. The van der Waals surface area contributed by atoms with Gasteiger partial charge in [-0.05, 0) is 18.6 Å². The summed E-state index contributed by atoms with van der Waals surface area (Å²) >= 11 is 0. The zero-order chi connectivity index (χ0) is 12.3. The second-order valence-electron chi connectivity index (χ2n) is 4.49. The van der Waals surface area contributed by atoms with Gasteiger partial charge in [0.25, 0.3) is 0 Å². The fraction of sp³-hybridized carbons (Fsp3) is 0.429. The second-order valence-corrected chi connectivity index (χ2v) is 4.49. The number of aryl methyl sites for hydroxylation is 1. The first-order valence-electron chi connectivity index (χ1n) is 6.06. The highest BCUT2D eigenvalue weighted by atomic mass is 35.5. The summed E-state index contributed by atoms with van der Waals surface area (Å²) in [5.41, 5.74) is 1.68. The first-order chi connectivity index (χ1) is 8.22. The highest BCUT2D eigenvalue weighted by molar-refractivity contribution is 5.85. The summed E-state index contributed by atoms with van der Waals surface area (Å²) in [5, 5.41) is 3.30. The number of rotatable bonds is 3. The third-order valence-electron chi connectivity index (χ3n) is 3.24. The monoisotopic (exact) mass is 270 g/mol. The van der Waals surface area contributed by atoms with E-state index in [4.69, 9.17) is 0 Å². The molecule has 1 fully saturated rings. The zero-order valence-corrected chi connectivity index (χ0v) is 11.5. The van der Waals surface area contributed by atoms with E-state index in [0.29, 0.717) is 0 Å². The van der Waals surface area contributed by atoms with Crippen LogP contribution in [-0.2, 0) is 0 Å². The largest absolute Gasteiger partial charge is 0.314 e. The molecule has 0 unspecified atom stereocenters. The number of hydrogen-bond acceptors (Lipinski definition) is 2. The fourth-order valence-electron chi connectivity index (χ4n) is 2.31. The minimum absolute atomic E-state index is 0. The summed E-state index contributed by atoms with van der Waals surface area (Å²) in [5.74, 6) is -0.131. The predicted molar refractivity (Wildman–Crippen MR) is 75.8 cm³/mol. The molecule has 0 bridgehead atoms. The molecular weight excluding hydrogens is 251 g/mol. The third-order valence-corrected chi connectivity index (χ3v) is 3.24. The van der Waals surface area contributed by atoms with Crippen molar-refractivity contribution in [2.24, 2.45) is 0 Å². The molecule has 0 amide bonds. The van der Waals surface area contributed by atoms with E-state index in [-0.39, 0.29) is 24.3 Å². The quantitative estimate of drug-likeness (QED) is 0.850. The maximum absolute atomic E-state index is 14.0. The molecule has 1 atom stereocenters. The summed E-state index contributed by atoms with van der Waals surface area (Å²) in [4.78, 5) is 2.26. The van der Waals surface area contributed by atoms with Gasteiger partial charge in [-0.25, -0.2) is 4.39 Å². The number of halogens is 2. The van der Waals surface area contributed by atoms with Crippen LogP contribution in [-0.4, -0.2) is 31.1 Å². The lowest BCUT2D eigenvalue weighted by molar-refractivity contribution is 0.200. The molecular formula is C14H20ClFN2. The molecule has 1 N–H and O–H groups in total. The average Bonchev–Trinajstić information content (AvgIpc) is 2.34. The molecule has 0 aliphatic carbocycles. The van der Waals surface area contributed by atoms with Crippen molar-refractivity contribution in [2.45, 2.75) is 13.0 Å². The molecule has 1 saturated heterocycles. The molecule has 1 aromatic rings. The van der Waals surface area contributed by atoms with E-state index in [1.54, 1.807) is 6.07 Å². The summed E-state index contributed by atoms with van der Waals surface area (Å²) in [7, 11) is 0. The normalized spacial score (nSPS) is 17.9. The molecule has 1 aromatic carbocycles. The highest BCUT2D eigenvalue weighted by Crippen LogP contribution is 2.25. The summed E-state index contributed by atoms with van der Waals surface area (Å²) < 4.78 is 14.0. The van der Waals surface area contributed by atoms with Gasteiger partial charge in [-0.15, -0.1) is 19.0 Å². The SMILES string of the molecule is C=C[C@H](c1ccc(C)cc1F)N1CCNCC1.Cl. The predicted octanol–water partition coefficient (Wildman–Crippen LogP) is 2.69. The van der Waals surface area contributed by atoms with E-state index in [2.05, 4.69) is 16.8 Å². The maximum Gasteiger partial charge on any atom is 0.128 e. The van der Waals surface area contributed by atoms with E-state index >= 15 is 0 Å². The number of piperazine rings is 1. The van der Waals surface area contributed by atoms with E-state index in [0.717, 1.165) is 37.3 Å². The van der Waals surface area contributed by atoms with Gasteiger partial charge in [-0.2, -0.15) is 0 Å². The molecule has 1 aliphatic rings. The Labute approximate surface area is 114 Å². The molecule has 18 heavy (non-hydrogen) atoms. The van der Waals surface area contributed by atoms with Crippen molar-refractivity contribution in [3.05, 3.63) is 47.8 Å². The number of nitrogens with one attached hydrogen (secondary N) is 1. The Morgan fingerprint density at radius 1 is 1.39 bits per heavy atom. The first-order valence-corrected chi connectivity index (χ1v) is 6.06. The van der Waals surface area contributed by atoms with Crippen molar-refractivity contribution >= 4 is 12.4 Å². The number of hydrogen-bond donors (Lipinski definition) is 1. The van der Waals surface area contributed by atoms with Crippen LogP contribution in [0.5, 0.6) is 0 Å². The Hall–Kier alpha value is -0.900. The van der Waals surface area contributed by atoms with Crippen LogP contribution in [0, 0.1) is 12.7 Å². The van der Waals surface area contributed by atoms with Gasteiger partial charge in [0.1, 0.15) is 5.82 Å². The highest BCUT2D eigenvalue weighted by Gasteiger charge is 2.21. The molecule has 0 radical (unpaired) electrons. The van der Waals surface area contributed by atoms with Crippen LogP contribution in [0.25, 0.3) is 0 Å². The number of nitrogens with zero attached hydrogens (tertiary/aromatic N) is 1. The fourth-order valence-corrected chi connectivity index (χ4v) is 2.31. The molecule has 0 spiro atoms. The van der Waals surface area contributed by atoms with Crippen LogP contribution in [0.4, 0.5) is 4.39 Å². The molecule has 2 rings (SSSR count). The third kappa shape index (κ3) is 3.31. The van der Waals surface area contributed by atoms with Gasteiger partial charge in [0.2, 0.25) is 0 Å². The van der Waals surface area contributed by atoms with Gasteiger partial charge < -0.3 is 5.32 Å². The van der Waals surface area contributed by atoms with Crippen molar-refractivity contribution in [3.8, 4) is 0 Å². The Morgan fingerprint density at radius 2 is 2.06 bits per heavy atom. The first kappa shape index (κ1) is 15.2. The minimum atomic E-state index is -0.131. The van der Waals surface area contributed by atoms with Crippen molar-refractivity contribution in [3.63, 3.8) is 0 Å². The Morgan fingerprint density at radius 3 is 2.61 bits per heavy atom. The summed E-state index contributed by atoms with van der Waals surface area (Å²) in [6.07, 6.45) is 1.83. The Kier molecular flexibility index (Phi) is 5.79. The lowest BCUT2D eigenvalue weighted by atomic mass is 10.0. The summed E-state index contributed by atoms with van der Waals surface area (Å²) in [6, 6.07) is 5.40. The van der Waals surface area contributed by atoms with E-state index in [9.17, 15) is 4.39 Å². The van der Waals surface area contributed by atoms with E-state index in [1.807, 2.05) is 25.1 Å².